The normalized spacial score (nSPS) is 18.2. The van der Waals surface area contributed by atoms with Gasteiger partial charge in [-0.2, -0.15) is 0 Å². The summed E-state index contributed by atoms with van der Waals surface area (Å²) < 4.78 is 0. The van der Waals surface area contributed by atoms with Crippen LogP contribution in [0.25, 0.3) is 0 Å². The number of hydrogen-bond donors (Lipinski definition) is 1. The van der Waals surface area contributed by atoms with Crippen molar-refractivity contribution in [2.24, 2.45) is 0 Å². The van der Waals surface area contributed by atoms with E-state index in [2.05, 4.69) is 24.4 Å². The highest BCUT2D eigenvalue weighted by Crippen LogP contribution is 2.33. The van der Waals surface area contributed by atoms with Crippen LogP contribution in [0.1, 0.15) is 50.6 Å². The molecule has 1 N–H and O–H groups in total. The van der Waals surface area contributed by atoms with Crippen LogP contribution in [-0.2, 0) is 4.79 Å². The van der Waals surface area contributed by atoms with Gasteiger partial charge in [0, 0.05) is 24.7 Å². The molecule has 2 rings (SSSR count). The SMILES string of the molecule is CCCCCC(=O)N1CCC(NC)c2ccccc21. The molecule has 0 radical (unpaired) electrons. The van der Waals surface area contributed by atoms with E-state index in [1.54, 1.807) is 0 Å². The number of benzene rings is 1. The number of amides is 1. The highest BCUT2D eigenvalue weighted by molar-refractivity contribution is 5.94. The molecule has 1 aliphatic rings. The van der Waals surface area contributed by atoms with Crippen molar-refractivity contribution in [3.8, 4) is 0 Å². The molecule has 1 atom stereocenters. The molecule has 104 valence electrons. The van der Waals surface area contributed by atoms with Crippen molar-refractivity contribution >= 4 is 11.6 Å². The molecular formula is C16H24N2O. The maximum atomic E-state index is 12.3. The van der Waals surface area contributed by atoms with Crippen molar-refractivity contribution in [2.45, 2.75) is 45.1 Å². The molecule has 19 heavy (non-hydrogen) atoms. The summed E-state index contributed by atoms with van der Waals surface area (Å²) in [6, 6.07) is 8.63. The maximum absolute atomic E-state index is 12.3. The lowest BCUT2D eigenvalue weighted by atomic mass is 9.96. The molecule has 1 aromatic rings. The number of rotatable bonds is 5. The maximum Gasteiger partial charge on any atom is 0.226 e. The molecule has 0 spiro atoms. The summed E-state index contributed by atoms with van der Waals surface area (Å²) in [7, 11) is 1.99. The number of unbranched alkanes of at least 4 members (excludes halogenated alkanes) is 2. The Kier molecular flexibility index (Phi) is 4.97. The van der Waals surface area contributed by atoms with Crippen molar-refractivity contribution in [1.82, 2.24) is 5.32 Å². The zero-order chi connectivity index (χ0) is 13.7. The highest BCUT2D eigenvalue weighted by Gasteiger charge is 2.26. The van der Waals surface area contributed by atoms with Crippen molar-refractivity contribution in [2.75, 3.05) is 18.5 Å². The number of carbonyl (C=O) groups excluding carboxylic acids is 1. The number of nitrogens with one attached hydrogen (secondary N) is 1. The van der Waals surface area contributed by atoms with Gasteiger partial charge < -0.3 is 10.2 Å². The van der Waals surface area contributed by atoms with Crippen LogP contribution in [0.15, 0.2) is 24.3 Å². The third-order valence-corrected chi connectivity index (χ3v) is 3.89. The first-order chi connectivity index (χ1) is 9.27. The predicted octanol–water partition coefficient (Wildman–Crippen LogP) is 3.26. The molecule has 0 aliphatic carbocycles. The third-order valence-electron chi connectivity index (χ3n) is 3.89. The van der Waals surface area contributed by atoms with Gasteiger partial charge in [-0.05, 0) is 31.5 Å². The molecule has 0 bridgehead atoms. The first-order valence-corrected chi connectivity index (χ1v) is 7.34. The molecule has 1 amide bonds. The molecular weight excluding hydrogens is 236 g/mol. The van der Waals surface area contributed by atoms with Gasteiger partial charge in [0.25, 0.3) is 0 Å². The largest absolute Gasteiger partial charge is 0.313 e. The summed E-state index contributed by atoms with van der Waals surface area (Å²) in [5.41, 5.74) is 2.34. The van der Waals surface area contributed by atoms with Gasteiger partial charge in [0.05, 0.1) is 0 Å². The Hall–Kier alpha value is -1.35. The minimum absolute atomic E-state index is 0.274. The number of fused-ring (bicyclic) bond motifs is 1. The van der Waals surface area contributed by atoms with Crippen LogP contribution in [0.2, 0.25) is 0 Å². The predicted molar refractivity (Wildman–Crippen MR) is 79.4 cm³/mol. The molecule has 1 aliphatic heterocycles. The van der Waals surface area contributed by atoms with Gasteiger partial charge in [0.15, 0.2) is 0 Å². The first-order valence-electron chi connectivity index (χ1n) is 7.34. The van der Waals surface area contributed by atoms with E-state index in [1.807, 2.05) is 24.1 Å². The number of nitrogens with zero attached hydrogens (tertiary/aromatic N) is 1. The molecule has 1 heterocycles. The van der Waals surface area contributed by atoms with E-state index in [4.69, 9.17) is 0 Å². The quantitative estimate of drug-likeness (QED) is 0.824. The second-order valence-corrected chi connectivity index (χ2v) is 5.19. The van der Waals surface area contributed by atoms with E-state index in [9.17, 15) is 4.79 Å². The monoisotopic (exact) mass is 260 g/mol. The Morgan fingerprint density at radius 2 is 2.16 bits per heavy atom. The Morgan fingerprint density at radius 1 is 1.37 bits per heavy atom. The van der Waals surface area contributed by atoms with E-state index in [1.165, 1.54) is 5.56 Å². The van der Waals surface area contributed by atoms with Crippen molar-refractivity contribution in [1.29, 1.82) is 0 Å². The Bertz CT molecular complexity index is 431. The lowest BCUT2D eigenvalue weighted by Gasteiger charge is -2.34. The molecule has 0 fully saturated rings. The van der Waals surface area contributed by atoms with Gasteiger partial charge in [0.2, 0.25) is 5.91 Å². The fourth-order valence-corrected chi connectivity index (χ4v) is 2.78. The Morgan fingerprint density at radius 3 is 2.89 bits per heavy atom. The lowest BCUT2D eigenvalue weighted by molar-refractivity contribution is -0.118. The average molecular weight is 260 g/mol. The topological polar surface area (TPSA) is 32.3 Å². The highest BCUT2D eigenvalue weighted by atomic mass is 16.2. The fourth-order valence-electron chi connectivity index (χ4n) is 2.78. The molecule has 0 saturated heterocycles. The number of para-hydroxylation sites is 1. The first kappa shape index (κ1) is 14.1. The summed E-state index contributed by atoms with van der Waals surface area (Å²) in [4.78, 5) is 14.3. The molecule has 1 aromatic carbocycles. The molecule has 1 unspecified atom stereocenters. The average Bonchev–Trinajstić information content (AvgIpc) is 2.46. The Labute approximate surface area is 116 Å². The zero-order valence-electron chi connectivity index (χ0n) is 12.0. The van der Waals surface area contributed by atoms with Crippen LogP contribution in [0.4, 0.5) is 5.69 Å². The Balaban J connectivity index is 2.13. The van der Waals surface area contributed by atoms with Crippen LogP contribution < -0.4 is 10.2 Å². The van der Waals surface area contributed by atoms with E-state index >= 15 is 0 Å². The van der Waals surface area contributed by atoms with Crippen molar-refractivity contribution < 1.29 is 4.79 Å². The summed E-state index contributed by atoms with van der Waals surface area (Å²) in [6.45, 7) is 2.99. The van der Waals surface area contributed by atoms with E-state index in [0.29, 0.717) is 12.5 Å². The van der Waals surface area contributed by atoms with Crippen LogP contribution >= 0.6 is 0 Å². The third kappa shape index (κ3) is 3.16. The van der Waals surface area contributed by atoms with Crippen LogP contribution in [0.5, 0.6) is 0 Å². The van der Waals surface area contributed by atoms with E-state index in [0.717, 1.165) is 37.9 Å². The molecule has 3 nitrogen and oxygen atoms in total. The summed E-state index contributed by atoms with van der Waals surface area (Å²) in [5, 5.41) is 3.33. The van der Waals surface area contributed by atoms with Gasteiger partial charge >= 0.3 is 0 Å². The summed E-state index contributed by atoms with van der Waals surface area (Å²) in [6.07, 6.45) is 4.97. The van der Waals surface area contributed by atoms with Gasteiger partial charge in [-0.1, -0.05) is 38.0 Å². The van der Waals surface area contributed by atoms with Crippen LogP contribution in [0.3, 0.4) is 0 Å². The van der Waals surface area contributed by atoms with Crippen molar-refractivity contribution in [3.63, 3.8) is 0 Å². The van der Waals surface area contributed by atoms with Crippen LogP contribution in [-0.4, -0.2) is 19.5 Å². The summed E-state index contributed by atoms with van der Waals surface area (Å²) >= 11 is 0. The smallest absolute Gasteiger partial charge is 0.226 e. The number of hydrogen-bond acceptors (Lipinski definition) is 2. The van der Waals surface area contributed by atoms with E-state index < -0.39 is 0 Å². The molecule has 0 aromatic heterocycles. The number of anilines is 1. The van der Waals surface area contributed by atoms with Crippen LogP contribution in [0, 0.1) is 0 Å². The molecule has 3 heteroatoms. The van der Waals surface area contributed by atoms with Gasteiger partial charge in [-0.25, -0.2) is 0 Å². The van der Waals surface area contributed by atoms with Gasteiger partial charge in [-0.15, -0.1) is 0 Å². The number of carbonyl (C=O) groups is 1. The van der Waals surface area contributed by atoms with Crippen molar-refractivity contribution in [3.05, 3.63) is 29.8 Å². The minimum Gasteiger partial charge on any atom is -0.313 e. The summed E-state index contributed by atoms with van der Waals surface area (Å²) in [5.74, 6) is 0.274. The van der Waals surface area contributed by atoms with Gasteiger partial charge in [-0.3, -0.25) is 4.79 Å². The van der Waals surface area contributed by atoms with Gasteiger partial charge in [0.1, 0.15) is 0 Å². The minimum atomic E-state index is 0.274. The second kappa shape index (κ2) is 6.71. The second-order valence-electron chi connectivity index (χ2n) is 5.19. The lowest BCUT2D eigenvalue weighted by Crippen LogP contribution is -2.38. The molecule has 0 saturated carbocycles. The zero-order valence-corrected chi connectivity index (χ0v) is 12.0. The standard InChI is InChI=1S/C16H24N2O/c1-3-4-5-10-16(19)18-12-11-14(17-2)13-8-6-7-9-15(13)18/h6-9,14,17H,3-5,10-12H2,1-2H3. The van der Waals surface area contributed by atoms with E-state index in [-0.39, 0.29) is 5.91 Å². The fraction of sp³-hybridized carbons (Fsp3) is 0.562.